The molecule has 0 radical (unpaired) electrons. The fourth-order valence-corrected chi connectivity index (χ4v) is 2.76. The number of hydrogen-bond donors (Lipinski definition) is 1. The van der Waals surface area contributed by atoms with E-state index in [1.165, 1.54) is 12.0 Å². The van der Waals surface area contributed by atoms with Crippen LogP contribution >= 0.6 is 11.6 Å². The Bertz CT molecular complexity index is 385. The van der Waals surface area contributed by atoms with E-state index in [2.05, 4.69) is 28.5 Å². The number of allylic oxidation sites excluding steroid dienone is 1. The second-order valence-corrected chi connectivity index (χ2v) is 4.69. The molecule has 1 saturated heterocycles. The lowest BCUT2D eigenvalue weighted by Gasteiger charge is -2.16. The zero-order valence-electron chi connectivity index (χ0n) is 8.36. The molecular formula is C12H13ClN2. The maximum absolute atomic E-state index is 5.78. The lowest BCUT2D eigenvalue weighted by molar-refractivity contribution is 0.476. The summed E-state index contributed by atoms with van der Waals surface area (Å²) in [5.41, 5.74) is 1.25. The summed E-state index contributed by atoms with van der Waals surface area (Å²) in [6, 6.07) is 4.37. The van der Waals surface area contributed by atoms with Crippen LogP contribution in [0, 0.1) is 11.8 Å². The van der Waals surface area contributed by atoms with Gasteiger partial charge in [0.1, 0.15) is 5.15 Å². The van der Waals surface area contributed by atoms with Gasteiger partial charge in [-0.2, -0.15) is 0 Å². The first-order valence-corrected chi connectivity index (χ1v) is 5.74. The molecule has 3 unspecified atom stereocenters. The van der Waals surface area contributed by atoms with Gasteiger partial charge in [-0.1, -0.05) is 29.8 Å². The summed E-state index contributed by atoms with van der Waals surface area (Å²) in [7, 11) is 0. The van der Waals surface area contributed by atoms with Crippen LogP contribution in [0.25, 0.3) is 0 Å². The number of hydrogen-bond acceptors (Lipinski definition) is 2. The number of fused-ring (bicyclic) bond motifs is 1. The van der Waals surface area contributed by atoms with Crippen LogP contribution in [0.4, 0.5) is 0 Å². The molecule has 2 heterocycles. The third-order valence-corrected chi connectivity index (χ3v) is 3.66. The Kier molecular flexibility index (Phi) is 2.26. The van der Waals surface area contributed by atoms with E-state index in [1.54, 1.807) is 0 Å². The van der Waals surface area contributed by atoms with Crippen LogP contribution in [0.2, 0.25) is 5.15 Å². The smallest absolute Gasteiger partial charge is 0.129 e. The number of halogens is 1. The van der Waals surface area contributed by atoms with Crippen LogP contribution < -0.4 is 5.32 Å². The molecule has 0 aromatic carbocycles. The standard InChI is InChI=1S/C12H13ClN2/c13-11-5-4-9(7-14-11)12-10-3-1-2-8(10)6-15-12/h1,3-5,7-8,10,12,15H,2,6H2. The zero-order chi connectivity index (χ0) is 10.3. The van der Waals surface area contributed by atoms with Gasteiger partial charge in [-0.25, -0.2) is 4.98 Å². The fraction of sp³-hybridized carbons (Fsp3) is 0.417. The summed E-state index contributed by atoms with van der Waals surface area (Å²) in [6.07, 6.45) is 7.74. The van der Waals surface area contributed by atoms with Crippen molar-refractivity contribution in [1.82, 2.24) is 10.3 Å². The minimum atomic E-state index is 0.429. The van der Waals surface area contributed by atoms with Gasteiger partial charge in [0.2, 0.25) is 0 Å². The maximum atomic E-state index is 5.78. The quantitative estimate of drug-likeness (QED) is 0.581. The highest BCUT2D eigenvalue weighted by molar-refractivity contribution is 6.29. The summed E-state index contributed by atoms with van der Waals surface area (Å²) in [5, 5.41) is 4.13. The van der Waals surface area contributed by atoms with Crippen LogP contribution in [0.5, 0.6) is 0 Å². The average molecular weight is 221 g/mol. The second-order valence-electron chi connectivity index (χ2n) is 4.30. The van der Waals surface area contributed by atoms with Gasteiger partial charge >= 0.3 is 0 Å². The second kappa shape index (κ2) is 3.62. The Morgan fingerprint density at radius 1 is 1.40 bits per heavy atom. The Balaban J connectivity index is 1.88. The molecule has 1 fully saturated rings. The number of aromatic nitrogens is 1. The Morgan fingerprint density at radius 3 is 3.13 bits per heavy atom. The number of pyridine rings is 1. The molecule has 1 aromatic heterocycles. The van der Waals surface area contributed by atoms with E-state index in [0.717, 1.165) is 12.5 Å². The average Bonchev–Trinajstić information content (AvgIpc) is 2.80. The molecule has 1 aromatic rings. The van der Waals surface area contributed by atoms with Crippen LogP contribution in [0.15, 0.2) is 30.5 Å². The summed E-state index contributed by atoms with van der Waals surface area (Å²) >= 11 is 5.78. The topological polar surface area (TPSA) is 24.9 Å². The number of nitrogens with one attached hydrogen (secondary N) is 1. The predicted octanol–water partition coefficient (Wildman–Crippen LogP) is 2.57. The Hall–Kier alpha value is -0.860. The summed E-state index contributed by atoms with van der Waals surface area (Å²) in [4.78, 5) is 4.14. The van der Waals surface area contributed by atoms with Crippen molar-refractivity contribution in [2.45, 2.75) is 12.5 Å². The first-order valence-electron chi connectivity index (χ1n) is 5.36. The van der Waals surface area contributed by atoms with Gasteiger partial charge in [0.15, 0.2) is 0 Å². The van der Waals surface area contributed by atoms with Gasteiger partial charge in [0, 0.05) is 18.2 Å². The Labute approximate surface area is 94.4 Å². The lowest BCUT2D eigenvalue weighted by Crippen LogP contribution is -2.16. The first kappa shape index (κ1) is 9.37. The van der Waals surface area contributed by atoms with E-state index in [1.807, 2.05) is 12.3 Å². The van der Waals surface area contributed by atoms with E-state index in [9.17, 15) is 0 Å². The minimum absolute atomic E-state index is 0.429. The molecular weight excluding hydrogens is 208 g/mol. The highest BCUT2D eigenvalue weighted by atomic mass is 35.5. The number of rotatable bonds is 1. The van der Waals surface area contributed by atoms with Crippen molar-refractivity contribution in [2.24, 2.45) is 11.8 Å². The van der Waals surface area contributed by atoms with Crippen molar-refractivity contribution in [3.8, 4) is 0 Å². The zero-order valence-corrected chi connectivity index (χ0v) is 9.11. The summed E-state index contributed by atoms with van der Waals surface area (Å²) in [5.74, 6) is 1.43. The van der Waals surface area contributed by atoms with Crippen LogP contribution in [0.3, 0.4) is 0 Å². The van der Waals surface area contributed by atoms with Crippen LogP contribution in [0.1, 0.15) is 18.0 Å². The van der Waals surface area contributed by atoms with Gasteiger partial charge in [0.25, 0.3) is 0 Å². The van der Waals surface area contributed by atoms with E-state index < -0.39 is 0 Å². The van der Waals surface area contributed by atoms with Crippen molar-refractivity contribution < 1.29 is 0 Å². The van der Waals surface area contributed by atoms with Gasteiger partial charge in [-0.3, -0.25) is 0 Å². The monoisotopic (exact) mass is 220 g/mol. The largest absolute Gasteiger partial charge is 0.309 e. The van der Waals surface area contributed by atoms with Crippen LogP contribution in [-0.2, 0) is 0 Å². The van der Waals surface area contributed by atoms with Gasteiger partial charge < -0.3 is 5.32 Å². The van der Waals surface area contributed by atoms with E-state index >= 15 is 0 Å². The number of nitrogens with zero attached hydrogens (tertiary/aromatic N) is 1. The van der Waals surface area contributed by atoms with E-state index in [4.69, 9.17) is 11.6 Å². The molecule has 3 rings (SSSR count). The van der Waals surface area contributed by atoms with Crippen molar-refractivity contribution in [3.63, 3.8) is 0 Å². The summed E-state index contributed by atoms with van der Waals surface area (Å²) in [6.45, 7) is 1.12. The van der Waals surface area contributed by atoms with Crippen molar-refractivity contribution in [3.05, 3.63) is 41.2 Å². The molecule has 0 saturated carbocycles. The molecule has 3 atom stereocenters. The molecule has 0 spiro atoms. The molecule has 1 N–H and O–H groups in total. The van der Waals surface area contributed by atoms with Gasteiger partial charge in [-0.15, -0.1) is 0 Å². The molecule has 2 aliphatic rings. The Morgan fingerprint density at radius 2 is 2.33 bits per heavy atom. The normalized spacial score (nSPS) is 33.3. The van der Waals surface area contributed by atoms with E-state index in [-0.39, 0.29) is 0 Å². The first-order chi connectivity index (χ1) is 7.34. The van der Waals surface area contributed by atoms with Gasteiger partial charge in [0.05, 0.1) is 0 Å². The van der Waals surface area contributed by atoms with Crippen molar-refractivity contribution >= 4 is 11.6 Å². The van der Waals surface area contributed by atoms with E-state index in [0.29, 0.717) is 17.1 Å². The highest BCUT2D eigenvalue weighted by Crippen LogP contribution is 2.40. The third kappa shape index (κ3) is 1.58. The predicted molar refractivity (Wildman–Crippen MR) is 60.7 cm³/mol. The summed E-state index contributed by atoms with van der Waals surface area (Å²) < 4.78 is 0. The molecule has 0 bridgehead atoms. The molecule has 15 heavy (non-hydrogen) atoms. The minimum Gasteiger partial charge on any atom is -0.309 e. The highest BCUT2D eigenvalue weighted by Gasteiger charge is 2.36. The van der Waals surface area contributed by atoms with Crippen LogP contribution in [-0.4, -0.2) is 11.5 Å². The SMILES string of the molecule is Clc1ccc(C2NCC3CC=CC32)cn1. The third-order valence-electron chi connectivity index (χ3n) is 3.44. The fourth-order valence-electron chi connectivity index (χ4n) is 2.65. The molecule has 1 aliphatic carbocycles. The molecule has 78 valence electrons. The van der Waals surface area contributed by atoms with Crippen molar-refractivity contribution in [2.75, 3.05) is 6.54 Å². The maximum Gasteiger partial charge on any atom is 0.129 e. The lowest BCUT2D eigenvalue weighted by atomic mass is 9.91. The molecule has 0 amide bonds. The van der Waals surface area contributed by atoms with Gasteiger partial charge in [-0.05, 0) is 30.5 Å². The molecule has 2 nitrogen and oxygen atoms in total. The molecule has 3 heteroatoms. The van der Waals surface area contributed by atoms with Crippen molar-refractivity contribution in [1.29, 1.82) is 0 Å². The molecule has 1 aliphatic heterocycles.